The monoisotopic (exact) mass is 377 g/mol. The van der Waals surface area contributed by atoms with E-state index in [2.05, 4.69) is 20.6 Å². The van der Waals surface area contributed by atoms with E-state index in [1.165, 1.54) is 11.3 Å². The number of aromatic nitrogens is 3. The Balaban J connectivity index is 1.52. The zero-order chi connectivity index (χ0) is 18.5. The second kappa shape index (κ2) is 5.88. The summed E-state index contributed by atoms with van der Waals surface area (Å²) in [7, 11) is 0. The first-order valence-corrected chi connectivity index (χ1v) is 9.35. The van der Waals surface area contributed by atoms with Crippen molar-refractivity contribution in [3.8, 4) is 0 Å². The van der Waals surface area contributed by atoms with E-state index in [1.807, 2.05) is 49.4 Å². The van der Waals surface area contributed by atoms with Crippen LogP contribution in [-0.4, -0.2) is 26.3 Å². The van der Waals surface area contributed by atoms with Crippen LogP contribution in [0.2, 0.25) is 0 Å². The Labute approximate surface area is 158 Å². The molecule has 5 rings (SSSR count). The number of hydrogen-bond acceptors (Lipinski definition) is 5. The van der Waals surface area contributed by atoms with Crippen molar-refractivity contribution >= 4 is 55.5 Å². The molecule has 0 fully saturated rings. The number of amides is 2. The maximum atomic E-state index is 13.0. The summed E-state index contributed by atoms with van der Waals surface area (Å²) in [6, 6.07) is 12.8. The maximum Gasteiger partial charge on any atom is 0.249 e. The van der Waals surface area contributed by atoms with Gasteiger partial charge < -0.3 is 5.32 Å². The quantitative estimate of drug-likeness (QED) is 0.560. The van der Waals surface area contributed by atoms with Gasteiger partial charge in [-0.05, 0) is 36.8 Å². The fourth-order valence-corrected chi connectivity index (χ4v) is 4.34. The molecule has 7 nitrogen and oxygen atoms in total. The number of nitrogens with zero attached hydrogens (tertiary/aromatic N) is 3. The van der Waals surface area contributed by atoms with Crippen molar-refractivity contribution in [3.63, 3.8) is 0 Å². The van der Waals surface area contributed by atoms with Crippen LogP contribution in [-0.2, 0) is 9.59 Å². The molecule has 2 N–H and O–H groups in total. The first-order valence-electron chi connectivity index (χ1n) is 8.53. The number of carbonyl (C=O) groups excluding carboxylic acids is 2. The molecule has 3 heterocycles. The van der Waals surface area contributed by atoms with Crippen LogP contribution < -0.4 is 10.6 Å². The molecule has 0 bridgehead atoms. The minimum atomic E-state index is -0.671. The van der Waals surface area contributed by atoms with Crippen LogP contribution in [0.5, 0.6) is 0 Å². The number of thiazole rings is 1. The lowest BCUT2D eigenvalue weighted by Crippen LogP contribution is -2.35. The number of hydrogen-bond donors (Lipinski definition) is 2. The molecule has 27 heavy (non-hydrogen) atoms. The van der Waals surface area contributed by atoms with Crippen molar-refractivity contribution in [2.75, 3.05) is 10.6 Å². The molecule has 0 saturated carbocycles. The summed E-state index contributed by atoms with van der Waals surface area (Å²) in [6.07, 6.45) is 0.0587. The van der Waals surface area contributed by atoms with Crippen molar-refractivity contribution in [2.45, 2.75) is 19.4 Å². The molecular weight excluding hydrogens is 362 g/mol. The van der Waals surface area contributed by atoms with E-state index < -0.39 is 6.04 Å². The van der Waals surface area contributed by atoms with Crippen molar-refractivity contribution in [3.05, 3.63) is 48.0 Å². The average Bonchev–Trinajstić information content (AvgIpc) is 3.20. The largest absolute Gasteiger partial charge is 0.300 e. The first-order chi connectivity index (χ1) is 13.1. The number of para-hydroxylation sites is 2. The van der Waals surface area contributed by atoms with Crippen molar-refractivity contribution in [1.29, 1.82) is 0 Å². The van der Waals surface area contributed by atoms with Crippen LogP contribution in [0.15, 0.2) is 42.5 Å². The van der Waals surface area contributed by atoms with E-state index in [4.69, 9.17) is 0 Å². The second-order valence-electron chi connectivity index (χ2n) is 6.54. The summed E-state index contributed by atoms with van der Waals surface area (Å²) in [5.74, 6) is -0.101. The predicted octanol–water partition coefficient (Wildman–Crippen LogP) is 3.48. The average molecular weight is 377 g/mol. The molecule has 0 saturated heterocycles. The van der Waals surface area contributed by atoms with Gasteiger partial charge in [-0.1, -0.05) is 29.5 Å². The molecule has 1 atom stereocenters. The SMILES string of the molecule is Cc1ccc2nc(NC(=O)C3CC(=O)Nc4nc5ccccc5n43)sc2c1. The number of benzene rings is 2. The van der Waals surface area contributed by atoms with Gasteiger partial charge in [0.05, 0.1) is 27.7 Å². The van der Waals surface area contributed by atoms with Crippen LogP contribution in [0.1, 0.15) is 18.0 Å². The van der Waals surface area contributed by atoms with Gasteiger partial charge in [0.1, 0.15) is 6.04 Å². The van der Waals surface area contributed by atoms with Crippen molar-refractivity contribution in [2.24, 2.45) is 0 Å². The van der Waals surface area contributed by atoms with E-state index in [0.717, 1.165) is 26.8 Å². The smallest absolute Gasteiger partial charge is 0.249 e. The van der Waals surface area contributed by atoms with Crippen LogP contribution >= 0.6 is 11.3 Å². The predicted molar refractivity (Wildman–Crippen MR) is 105 cm³/mol. The van der Waals surface area contributed by atoms with Gasteiger partial charge in [-0.2, -0.15) is 0 Å². The van der Waals surface area contributed by atoms with E-state index in [1.54, 1.807) is 4.57 Å². The number of rotatable bonds is 2. The molecular formula is C19H15N5O2S. The third kappa shape index (κ3) is 2.65. The van der Waals surface area contributed by atoms with E-state index in [9.17, 15) is 9.59 Å². The first kappa shape index (κ1) is 16.0. The molecule has 0 spiro atoms. The molecule has 1 aliphatic heterocycles. The topological polar surface area (TPSA) is 88.9 Å². The van der Waals surface area contributed by atoms with Gasteiger partial charge in [0.2, 0.25) is 17.8 Å². The zero-order valence-electron chi connectivity index (χ0n) is 14.4. The second-order valence-corrected chi connectivity index (χ2v) is 7.57. The molecule has 2 aromatic heterocycles. The number of anilines is 2. The van der Waals surface area contributed by atoms with Gasteiger partial charge >= 0.3 is 0 Å². The lowest BCUT2D eigenvalue weighted by atomic mass is 10.1. The molecule has 2 aromatic carbocycles. The highest BCUT2D eigenvalue weighted by Crippen LogP contribution is 2.32. The standard InChI is InChI=1S/C19H15N5O2S/c1-10-6-7-12-15(8-10)27-19(21-12)23-17(26)14-9-16(25)22-18-20-11-4-2-3-5-13(11)24(14)18/h2-8,14H,9H2,1H3,(H,20,22,25)(H,21,23,26). The minimum absolute atomic E-state index is 0.0587. The maximum absolute atomic E-state index is 13.0. The zero-order valence-corrected chi connectivity index (χ0v) is 15.2. The Kier molecular flexibility index (Phi) is 3.48. The molecule has 1 aliphatic rings. The molecule has 0 radical (unpaired) electrons. The van der Waals surface area contributed by atoms with Gasteiger partial charge in [-0.3, -0.25) is 19.5 Å². The number of nitrogens with one attached hydrogen (secondary N) is 2. The van der Waals surface area contributed by atoms with E-state index in [0.29, 0.717) is 11.1 Å². The summed E-state index contributed by atoms with van der Waals surface area (Å²) in [5, 5.41) is 6.15. The van der Waals surface area contributed by atoms with Gasteiger partial charge in [0.25, 0.3) is 0 Å². The number of fused-ring (bicyclic) bond motifs is 4. The number of aryl methyl sites for hydroxylation is 1. The summed E-state index contributed by atoms with van der Waals surface area (Å²) in [4.78, 5) is 34.0. The molecule has 4 aromatic rings. The Hall–Kier alpha value is -3.26. The minimum Gasteiger partial charge on any atom is -0.300 e. The van der Waals surface area contributed by atoms with Gasteiger partial charge in [-0.25, -0.2) is 9.97 Å². The highest BCUT2D eigenvalue weighted by molar-refractivity contribution is 7.22. The summed E-state index contributed by atoms with van der Waals surface area (Å²) < 4.78 is 2.80. The fourth-order valence-electron chi connectivity index (χ4n) is 3.37. The van der Waals surface area contributed by atoms with Crippen molar-refractivity contribution in [1.82, 2.24) is 14.5 Å². The Bertz CT molecular complexity index is 1230. The molecule has 134 valence electrons. The molecule has 2 amide bonds. The molecule has 8 heteroatoms. The Morgan fingerprint density at radius 1 is 1.22 bits per heavy atom. The highest BCUT2D eigenvalue weighted by atomic mass is 32.1. The normalized spacial score (nSPS) is 16.3. The number of imidazole rings is 1. The van der Waals surface area contributed by atoms with Gasteiger partial charge in [0, 0.05) is 0 Å². The Morgan fingerprint density at radius 3 is 2.96 bits per heavy atom. The van der Waals surface area contributed by atoms with Gasteiger partial charge in [-0.15, -0.1) is 0 Å². The van der Waals surface area contributed by atoms with Crippen molar-refractivity contribution < 1.29 is 9.59 Å². The van der Waals surface area contributed by atoms with Crippen LogP contribution in [0, 0.1) is 6.92 Å². The summed E-state index contributed by atoms with van der Waals surface area (Å²) >= 11 is 1.42. The van der Waals surface area contributed by atoms with Crippen LogP contribution in [0.3, 0.4) is 0 Å². The third-order valence-electron chi connectivity index (χ3n) is 4.61. The lowest BCUT2D eigenvalue weighted by Gasteiger charge is -2.24. The van der Waals surface area contributed by atoms with Gasteiger partial charge in [0.15, 0.2) is 5.13 Å². The van der Waals surface area contributed by atoms with E-state index in [-0.39, 0.29) is 18.2 Å². The number of carbonyl (C=O) groups is 2. The lowest BCUT2D eigenvalue weighted by molar-refractivity contribution is -0.124. The fraction of sp³-hybridized carbons (Fsp3) is 0.158. The van der Waals surface area contributed by atoms with Crippen LogP contribution in [0.25, 0.3) is 21.3 Å². The molecule has 1 unspecified atom stereocenters. The van der Waals surface area contributed by atoms with Crippen LogP contribution in [0.4, 0.5) is 11.1 Å². The summed E-state index contributed by atoms with van der Waals surface area (Å²) in [6.45, 7) is 2.02. The third-order valence-corrected chi connectivity index (χ3v) is 5.55. The Morgan fingerprint density at radius 2 is 2.07 bits per heavy atom. The molecule has 0 aliphatic carbocycles. The summed E-state index contributed by atoms with van der Waals surface area (Å²) in [5.41, 5.74) is 3.54. The van der Waals surface area contributed by atoms with E-state index >= 15 is 0 Å². The highest BCUT2D eigenvalue weighted by Gasteiger charge is 2.33.